The number of halogens is 2. The van der Waals surface area contributed by atoms with Gasteiger partial charge in [0.25, 0.3) is 5.91 Å². The fourth-order valence-electron chi connectivity index (χ4n) is 3.17. The molecule has 0 saturated carbocycles. The predicted molar refractivity (Wildman–Crippen MR) is 96.9 cm³/mol. The first-order valence-corrected chi connectivity index (χ1v) is 8.75. The molecule has 2 aromatic rings. The van der Waals surface area contributed by atoms with Crippen molar-refractivity contribution in [2.45, 2.75) is 6.04 Å². The van der Waals surface area contributed by atoms with Crippen molar-refractivity contribution in [2.75, 3.05) is 39.8 Å². The highest BCUT2D eigenvalue weighted by atomic mass is 19.1. The van der Waals surface area contributed by atoms with Gasteiger partial charge < -0.3 is 10.2 Å². The molecule has 1 aliphatic rings. The van der Waals surface area contributed by atoms with E-state index < -0.39 is 0 Å². The Bertz CT molecular complexity index is 726. The lowest BCUT2D eigenvalue weighted by Gasteiger charge is -2.38. The van der Waals surface area contributed by atoms with Crippen LogP contribution in [0, 0.1) is 11.6 Å². The highest BCUT2D eigenvalue weighted by Crippen LogP contribution is 2.22. The average Bonchev–Trinajstić information content (AvgIpc) is 2.65. The van der Waals surface area contributed by atoms with E-state index in [1.54, 1.807) is 12.1 Å². The number of likely N-dealkylation sites (N-methyl/N-ethyl adjacent to an activating group) is 1. The number of piperazine rings is 1. The zero-order chi connectivity index (χ0) is 18.5. The number of carbonyl (C=O) groups is 1. The fraction of sp³-hybridized carbons (Fsp3) is 0.350. The minimum Gasteiger partial charge on any atom is -0.350 e. The minimum absolute atomic E-state index is 0.0336. The lowest BCUT2D eigenvalue weighted by atomic mass is 10.0. The van der Waals surface area contributed by atoms with Crippen molar-refractivity contribution in [3.63, 3.8) is 0 Å². The summed E-state index contributed by atoms with van der Waals surface area (Å²) in [6.45, 7) is 4.06. The third-order valence-electron chi connectivity index (χ3n) is 4.80. The van der Waals surface area contributed by atoms with Crippen LogP contribution in [-0.4, -0.2) is 55.5 Å². The number of hydrogen-bond donors (Lipinski definition) is 1. The molecule has 6 heteroatoms. The summed E-state index contributed by atoms with van der Waals surface area (Å²) in [5.74, 6) is -0.893. The molecule has 0 spiro atoms. The van der Waals surface area contributed by atoms with Gasteiger partial charge in [0.2, 0.25) is 0 Å². The second kappa shape index (κ2) is 8.38. The molecule has 1 heterocycles. The van der Waals surface area contributed by atoms with Crippen LogP contribution in [0.25, 0.3) is 0 Å². The normalized spacial score (nSPS) is 17.0. The summed E-state index contributed by atoms with van der Waals surface area (Å²) < 4.78 is 26.3. The van der Waals surface area contributed by atoms with Gasteiger partial charge in [-0.15, -0.1) is 0 Å². The minimum atomic E-state index is -0.372. The first-order chi connectivity index (χ1) is 12.5. The quantitative estimate of drug-likeness (QED) is 0.892. The van der Waals surface area contributed by atoms with E-state index in [0.29, 0.717) is 12.1 Å². The van der Waals surface area contributed by atoms with Crippen LogP contribution in [0.3, 0.4) is 0 Å². The third-order valence-corrected chi connectivity index (χ3v) is 4.80. The summed E-state index contributed by atoms with van der Waals surface area (Å²) in [6, 6.07) is 11.9. The number of nitrogens with one attached hydrogen (secondary N) is 1. The molecule has 1 amide bonds. The molecule has 0 radical (unpaired) electrons. The molecule has 1 aliphatic heterocycles. The Hall–Kier alpha value is -2.31. The van der Waals surface area contributed by atoms with E-state index in [1.165, 1.54) is 36.4 Å². The molecule has 4 nitrogen and oxygen atoms in total. The Morgan fingerprint density at radius 3 is 2.08 bits per heavy atom. The summed E-state index contributed by atoms with van der Waals surface area (Å²) in [6.07, 6.45) is 0. The maximum Gasteiger partial charge on any atom is 0.251 e. The number of amides is 1. The number of carbonyl (C=O) groups excluding carboxylic acids is 1. The van der Waals surface area contributed by atoms with Gasteiger partial charge >= 0.3 is 0 Å². The van der Waals surface area contributed by atoms with Gasteiger partial charge in [-0.05, 0) is 49.0 Å². The second-order valence-corrected chi connectivity index (χ2v) is 6.62. The number of rotatable bonds is 5. The fourth-order valence-corrected chi connectivity index (χ4v) is 3.17. The van der Waals surface area contributed by atoms with Gasteiger partial charge in [-0.1, -0.05) is 12.1 Å². The van der Waals surface area contributed by atoms with Crippen molar-refractivity contribution in [2.24, 2.45) is 0 Å². The Labute approximate surface area is 152 Å². The van der Waals surface area contributed by atoms with E-state index in [2.05, 4.69) is 22.2 Å². The van der Waals surface area contributed by atoms with Crippen LogP contribution in [0.1, 0.15) is 22.0 Å². The van der Waals surface area contributed by atoms with Gasteiger partial charge in [0.15, 0.2) is 0 Å². The molecule has 1 atom stereocenters. The summed E-state index contributed by atoms with van der Waals surface area (Å²) in [5.41, 5.74) is 1.39. The van der Waals surface area contributed by atoms with Crippen molar-refractivity contribution >= 4 is 5.91 Å². The smallest absolute Gasteiger partial charge is 0.251 e. The molecule has 0 aliphatic carbocycles. The molecule has 2 aromatic carbocycles. The van der Waals surface area contributed by atoms with Crippen LogP contribution < -0.4 is 5.32 Å². The molecule has 1 fully saturated rings. The maximum absolute atomic E-state index is 13.3. The van der Waals surface area contributed by atoms with Gasteiger partial charge in [-0.2, -0.15) is 0 Å². The molecule has 138 valence electrons. The molecule has 3 rings (SSSR count). The average molecular weight is 359 g/mol. The van der Waals surface area contributed by atoms with Crippen LogP contribution in [0.4, 0.5) is 8.78 Å². The van der Waals surface area contributed by atoms with Crippen LogP contribution in [0.5, 0.6) is 0 Å². The summed E-state index contributed by atoms with van der Waals surface area (Å²) in [5, 5.41) is 2.93. The zero-order valence-electron chi connectivity index (χ0n) is 14.8. The second-order valence-electron chi connectivity index (χ2n) is 6.62. The highest BCUT2D eigenvalue weighted by molar-refractivity contribution is 5.94. The van der Waals surface area contributed by atoms with E-state index in [-0.39, 0.29) is 23.6 Å². The number of hydrogen-bond acceptors (Lipinski definition) is 3. The van der Waals surface area contributed by atoms with Crippen molar-refractivity contribution in [3.05, 3.63) is 71.3 Å². The van der Waals surface area contributed by atoms with Crippen molar-refractivity contribution in [1.29, 1.82) is 0 Å². The van der Waals surface area contributed by atoms with Crippen molar-refractivity contribution < 1.29 is 13.6 Å². The topological polar surface area (TPSA) is 35.6 Å². The molecule has 0 bridgehead atoms. The Morgan fingerprint density at radius 2 is 1.50 bits per heavy atom. The van der Waals surface area contributed by atoms with Gasteiger partial charge in [0, 0.05) is 38.3 Å². The molecule has 26 heavy (non-hydrogen) atoms. The third kappa shape index (κ3) is 4.65. The van der Waals surface area contributed by atoms with Crippen LogP contribution in [0.15, 0.2) is 48.5 Å². The summed E-state index contributed by atoms with van der Waals surface area (Å²) >= 11 is 0. The van der Waals surface area contributed by atoms with Crippen LogP contribution in [-0.2, 0) is 0 Å². The maximum atomic E-state index is 13.3. The number of nitrogens with zero attached hydrogens (tertiary/aromatic N) is 2. The van der Waals surface area contributed by atoms with Gasteiger partial charge in [-0.25, -0.2) is 8.78 Å². The SMILES string of the molecule is CN1CCN([C@H](CNC(=O)c2ccc(F)cc2)c2ccc(F)cc2)CC1. The zero-order valence-corrected chi connectivity index (χ0v) is 14.8. The monoisotopic (exact) mass is 359 g/mol. The number of benzene rings is 2. The largest absolute Gasteiger partial charge is 0.350 e. The Kier molecular flexibility index (Phi) is 5.96. The van der Waals surface area contributed by atoms with E-state index in [0.717, 1.165) is 31.7 Å². The Morgan fingerprint density at radius 1 is 0.962 bits per heavy atom. The van der Waals surface area contributed by atoms with Gasteiger partial charge in [0.05, 0.1) is 6.04 Å². The molecule has 0 unspecified atom stereocenters. The summed E-state index contributed by atoms with van der Waals surface area (Å²) in [7, 11) is 2.08. The van der Waals surface area contributed by atoms with E-state index in [9.17, 15) is 13.6 Å². The summed E-state index contributed by atoms with van der Waals surface area (Å²) in [4.78, 5) is 16.9. The van der Waals surface area contributed by atoms with E-state index in [1.807, 2.05) is 0 Å². The van der Waals surface area contributed by atoms with Gasteiger partial charge in [-0.3, -0.25) is 9.69 Å². The predicted octanol–water partition coefficient (Wildman–Crippen LogP) is 2.68. The first kappa shape index (κ1) is 18.5. The van der Waals surface area contributed by atoms with E-state index in [4.69, 9.17) is 0 Å². The molecule has 1 N–H and O–H groups in total. The molecular formula is C20H23F2N3O. The lowest BCUT2D eigenvalue weighted by molar-refractivity contribution is 0.0886. The van der Waals surface area contributed by atoms with Crippen LogP contribution >= 0.6 is 0 Å². The first-order valence-electron chi connectivity index (χ1n) is 8.75. The Balaban J connectivity index is 1.71. The van der Waals surface area contributed by atoms with E-state index >= 15 is 0 Å². The molecular weight excluding hydrogens is 336 g/mol. The van der Waals surface area contributed by atoms with Crippen molar-refractivity contribution in [1.82, 2.24) is 15.1 Å². The van der Waals surface area contributed by atoms with Crippen molar-refractivity contribution in [3.8, 4) is 0 Å². The molecule has 0 aromatic heterocycles. The van der Waals surface area contributed by atoms with Crippen LogP contribution in [0.2, 0.25) is 0 Å². The lowest BCUT2D eigenvalue weighted by Crippen LogP contribution is -2.48. The molecule has 1 saturated heterocycles. The van der Waals surface area contributed by atoms with Gasteiger partial charge in [0.1, 0.15) is 11.6 Å². The standard InChI is InChI=1S/C20H23F2N3O/c1-24-10-12-25(13-11-24)19(15-2-6-17(21)7-3-15)14-23-20(26)16-4-8-18(22)9-5-16/h2-9,19H,10-14H2,1H3,(H,23,26)/t19-/m1/s1. The highest BCUT2D eigenvalue weighted by Gasteiger charge is 2.24.